The molecule has 0 heterocycles. The highest BCUT2D eigenvalue weighted by Gasteiger charge is 2.40. The molecule has 0 unspecified atom stereocenters. The Morgan fingerprint density at radius 2 is 1.70 bits per heavy atom. The molecule has 0 spiro atoms. The molecule has 0 N–H and O–H groups in total. The maximum absolute atomic E-state index is 13.4. The van der Waals surface area contributed by atoms with Gasteiger partial charge in [0.2, 0.25) is 0 Å². The SMILES string of the molecule is Cc1cc(C(=O)C=C(N(C(C)C)C(C)C)C(F)(F)F)ccc1Br. The summed E-state index contributed by atoms with van der Waals surface area (Å²) in [5.74, 6) is -0.653. The average Bonchev–Trinajstić information content (AvgIpc) is 2.39. The molecule has 1 rings (SSSR count). The first-order valence-corrected chi connectivity index (χ1v) is 8.12. The molecular formula is C17H21BrF3NO. The van der Waals surface area contributed by atoms with Crippen LogP contribution in [0.5, 0.6) is 0 Å². The van der Waals surface area contributed by atoms with Crippen LogP contribution in [0.1, 0.15) is 43.6 Å². The number of alkyl halides is 3. The van der Waals surface area contributed by atoms with E-state index in [0.29, 0.717) is 6.08 Å². The molecule has 0 aliphatic heterocycles. The van der Waals surface area contributed by atoms with E-state index in [9.17, 15) is 18.0 Å². The Labute approximate surface area is 143 Å². The zero-order valence-corrected chi connectivity index (χ0v) is 15.4. The van der Waals surface area contributed by atoms with Crippen molar-refractivity contribution in [1.82, 2.24) is 4.90 Å². The Kier molecular flexibility index (Phi) is 6.45. The average molecular weight is 392 g/mol. The minimum absolute atomic E-state index is 0.236. The van der Waals surface area contributed by atoms with E-state index in [1.807, 2.05) is 0 Å². The molecule has 6 heteroatoms. The van der Waals surface area contributed by atoms with Crippen molar-refractivity contribution in [3.8, 4) is 0 Å². The van der Waals surface area contributed by atoms with Crippen molar-refractivity contribution in [3.05, 3.63) is 45.6 Å². The van der Waals surface area contributed by atoms with Gasteiger partial charge in [0.05, 0.1) is 0 Å². The normalized spacial score (nSPS) is 12.9. The molecule has 23 heavy (non-hydrogen) atoms. The van der Waals surface area contributed by atoms with Crippen LogP contribution in [-0.2, 0) is 0 Å². The van der Waals surface area contributed by atoms with Crippen molar-refractivity contribution in [1.29, 1.82) is 0 Å². The zero-order valence-electron chi connectivity index (χ0n) is 13.8. The summed E-state index contributed by atoms with van der Waals surface area (Å²) >= 11 is 3.31. The van der Waals surface area contributed by atoms with E-state index in [-0.39, 0.29) is 17.6 Å². The predicted octanol–water partition coefficient (Wildman–Crippen LogP) is 5.51. The molecule has 1 aromatic carbocycles. The van der Waals surface area contributed by atoms with Gasteiger partial charge in [-0.3, -0.25) is 4.79 Å². The van der Waals surface area contributed by atoms with Gasteiger partial charge in [-0.1, -0.05) is 15.9 Å². The maximum Gasteiger partial charge on any atom is 0.431 e. The quantitative estimate of drug-likeness (QED) is 0.487. The highest BCUT2D eigenvalue weighted by molar-refractivity contribution is 9.10. The number of allylic oxidation sites excluding steroid dienone is 2. The van der Waals surface area contributed by atoms with Gasteiger partial charge in [-0.2, -0.15) is 13.2 Å². The van der Waals surface area contributed by atoms with Crippen LogP contribution in [0.25, 0.3) is 0 Å². The summed E-state index contributed by atoms with van der Waals surface area (Å²) in [5, 5.41) is 0. The fourth-order valence-electron chi connectivity index (χ4n) is 2.46. The molecular weight excluding hydrogens is 371 g/mol. The highest BCUT2D eigenvalue weighted by atomic mass is 79.9. The predicted molar refractivity (Wildman–Crippen MR) is 89.5 cm³/mol. The minimum atomic E-state index is -4.59. The molecule has 0 saturated carbocycles. The number of benzene rings is 1. The summed E-state index contributed by atoms with van der Waals surface area (Å²) in [6.07, 6.45) is -3.89. The Balaban J connectivity index is 3.33. The van der Waals surface area contributed by atoms with Gasteiger partial charge in [-0.05, 0) is 58.4 Å². The lowest BCUT2D eigenvalue weighted by molar-refractivity contribution is -0.117. The molecule has 0 bridgehead atoms. The molecule has 0 radical (unpaired) electrons. The van der Waals surface area contributed by atoms with Crippen LogP contribution in [-0.4, -0.2) is 28.9 Å². The third-order valence-corrected chi connectivity index (χ3v) is 4.28. The van der Waals surface area contributed by atoms with Gasteiger partial charge in [-0.15, -0.1) is 0 Å². The van der Waals surface area contributed by atoms with Crippen LogP contribution < -0.4 is 0 Å². The van der Waals surface area contributed by atoms with Gasteiger partial charge in [0.25, 0.3) is 0 Å². The summed E-state index contributed by atoms with van der Waals surface area (Å²) in [5.41, 5.74) is 0.121. The van der Waals surface area contributed by atoms with Gasteiger partial charge >= 0.3 is 6.18 Å². The standard InChI is InChI=1S/C17H21BrF3NO/c1-10(2)22(11(3)4)16(17(19,20)21)9-15(23)13-6-7-14(18)12(5)8-13/h6-11H,1-5H3. The molecule has 0 aliphatic carbocycles. The lowest BCUT2D eigenvalue weighted by Crippen LogP contribution is -2.41. The highest BCUT2D eigenvalue weighted by Crippen LogP contribution is 2.32. The number of hydrogen-bond donors (Lipinski definition) is 0. The molecule has 0 atom stereocenters. The van der Waals surface area contributed by atoms with Crippen LogP contribution in [0.3, 0.4) is 0 Å². The monoisotopic (exact) mass is 391 g/mol. The number of rotatable bonds is 5. The zero-order chi connectivity index (χ0) is 17.9. The molecule has 0 aliphatic rings. The van der Waals surface area contributed by atoms with E-state index < -0.39 is 17.7 Å². The summed E-state index contributed by atoms with van der Waals surface area (Å²) in [6, 6.07) is 4.00. The Hall–Kier alpha value is -1.30. The van der Waals surface area contributed by atoms with E-state index in [0.717, 1.165) is 10.0 Å². The lowest BCUT2D eigenvalue weighted by Gasteiger charge is -2.35. The molecule has 1 aromatic rings. The van der Waals surface area contributed by atoms with Gasteiger partial charge in [0.1, 0.15) is 5.70 Å². The van der Waals surface area contributed by atoms with E-state index in [2.05, 4.69) is 15.9 Å². The first-order valence-electron chi connectivity index (χ1n) is 7.32. The lowest BCUT2D eigenvalue weighted by atomic mass is 10.1. The third kappa shape index (κ3) is 5.09. The van der Waals surface area contributed by atoms with Crippen LogP contribution in [0, 0.1) is 6.92 Å². The topological polar surface area (TPSA) is 20.3 Å². The van der Waals surface area contributed by atoms with E-state index in [1.54, 1.807) is 46.8 Å². The summed E-state index contributed by atoms with van der Waals surface area (Å²) in [6.45, 7) is 8.48. The van der Waals surface area contributed by atoms with Crippen molar-refractivity contribution in [2.75, 3.05) is 0 Å². The van der Waals surface area contributed by atoms with E-state index in [4.69, 9.17) is 0 Å². The number of hydrogen-bond acceptors (Lipinski definition) is 2. The maximum atomic E-state index is 13.4. The number of ketones is 1. The van der Waals surface area contributed by atoms with Crippen molar-refractivity contribution in [3.63, 3.8) is 0 Å². The van der Waals surface area contributed by atoms with Crippen molar-refractivity contribution >= 4 is 21.7 Å². The van der Waals surface area contributed by atoms with Gasteiger partial charge in [-0.25, -0.2) is 0 Å². The number of carbonyl (C=O) groups is 1. The number of carbonyl (C=O) groups excluding carboxylic acids is 1. The summed E-state index contributed by atoms with van der Waals surface area (Å²) < 4.78 is 41.1. The van der Waals surface area contributed by atoms with Gasteiger partial charge < -0.3 is 4.90 Å². The Morgan fingerprint density at radius 3 is 2.09 bits per heavy atom. The van der Waals surface area contributed by atoms with Crippen LogP contribution in [0.4, 0.5) is 13.2 Å². The Bertz CT molecular complexity index is 598. The third-order valence-electron chi connectivity index (χ3n) is 3.39. The summed E-state index contributed by atoms with van der Waals surface area (Å²) in [7, 11) is 0. The first-order chi connectivity index (χ1) is 10.4. The van der Waals surface area contributed by atoms with Crippen LogP contribution in [0.2, 0.25) is 0 Å². The first kappa shape index (κ1) is 19.7. The fraction of sp³-hybridized carbons (Fsp3) is 0.471. The number of nitrogens with zero attached hydrogens (tertiary/aromatic N) is 1. The molecule has 128 valence electrons. The number of aryl methyl sites for hydroxylation is 1. The molecule has 0 saturated heterocycles. The van der Waals surface area contributed by atoms with Crippen molar-refractivity contribution in [2.45, 2.75) is 52.9 Å². The summed E-state index contributed by atoms with van der Waals surface area (Å²) in [4.78, 5) is 13.5. The van der Waals surface area contributed by atoms with E-state index >= 15 is 0 Å². The Morgan fingerprint density at radius 1 is 1.17 bits per heavy atom. The molecule has 2 nitrogen and oxygen atoms in total. The second-order valence-corrected chi connectivity index (χ2v) is 6.80. The number of halogens is 4. The van der Waals surface area contributed by atoms with Crippen LogP contribution >= 0.6 is 15.9 Å². The molecule has 0 aromatic heterocycles. The second-order valence-electron chi connectivity index (χ2n) is 5.95. The van der Waals surface area contributed by atoms with Gasteiger partial charge in [0, 0.05) is 28.2 Å². The largest absolute Gasteiger partial charge is 0.431 e. The second kappa shape index (κ2) is 7.51. The minimum Gasteiger partial charge on any atom is -0.363 e. The van der Waals surface area contributed by atoms with Crippen molar-refractivity contribution in [2.24, 2.45) is 0 Å². The fourth-order valence-corrected chi connectivity index (χ4v) is 2.71. The molecule has 0 amide bonds. The van der Waals surface area contributed by atoms with Crippen LogP contribution in [0.15, 0.2) is 34.4 Å². The smallest absolute Gasteiger partial charge is 0.363 e. The molecule has 0 fully saturated rings. The van der Waals surface area contributed by atoms with Gasteiger partial charge in [0.15, 0.2) is 5.78 Å². The van der Waals surface area contributed by atoms with E-state index in [1.165, 1.54) is 11.0 Å². The van der Waals surface area contributed by atoms with Crippen molar-refractivity contribution < 1.29 is 18.0 Å².